The third kappa shape index (κ3) is 2.90. The van der Waals surface area contributed by atoms with Crippen LogP contribution < -0.4 is 4.90 Å². The summed E-state index contributed by atoms with van der Waals surface area (Å²) in [6.07, 6.45) is 6.23. The summed E-state index contributed by atoms with van der Waals surface area (Å²) in [5, 5.41) is 0. The molecule has 0 atom stereocenters. The molecule has 1 saturated heterocycles. The maximum absolute atomic E-state index is 13.0. The van der Waals surface area contributed by atoms with E-state index >= 15 is 0 Å². The Morgan fingerprint density at radius 3 is 2.57 bits per heavy atom. The summed E-state index contributed by atoms with van der Waals surface area (Å²) in [5.41, 5.74) is 3.13. The Bertz CT molecular complexity index is 564. The van der Waals surface area contributed by atoms with Gasteiger partial charge in [-0.1, -0.05) is 32.8 Å². The first-order chi connectivity index (χ1) is 11.2. The molecule has 0 aromatic heterocycles. The van der Waals surface area contributed by atoms with Gasteiger partial charge in [0.1, 0.15) is 0 Å². The molecule has 0 radical (unpaired) electrons. The van der Waals surface area contributed by atoms with Gasteiger partial charge in [-0.15, -0.1) is 0 Å². The smallest absolute Gasteiger partial charge is 0.292 e. The van der Waals surface area contributed by atoms with Gasteiger partial charge in [-0.25, -0.2) is 0 Å². The minimum atomic E-state index is -1.19. The number of nitrogens with zero attached hydrogens (tertiary/aromatic N) is 1. The Kier molecular flexibility index (Phi) is 5.02. The highest BCUT2D eigenvalue weighted by Crippen LogP contribution is 2.45. The lowest BCUT2D eigenvalue weighted by Gasteiger charge is -2.32. The Morgan fingerprint density at radius 1 is 1.13 bits per heavy atom. The summed E-state index contributed by atoms with van der Waals surface area (Å²) in [4.78, 5) is 14.9. The van der Waals surface area contributed by atoms with E-state index in [0.717, 1.165) is 56.3 Å². The highest BCUT2D eigenvalue weighted by molar-refractivity contribution is 6.06. The normalized spacial score (nSPS) is 19.4. The van der Waals surface area contributed by atoms with Crippen LogP contribution in [0.2, 0.25) is 0 Å². The van der Waals surface area contributed by atoms with Crippen LogP contribution in [-0.2, 0) is 26.5 Å². The van der Waals surface area contributed by atoms with Gasteiger partial charge in [0.05, 0.1) is 18.9 Å². The summed E-state index contributed by atoms with van der Waals surface area (Å²) in [6.45, 7) is 6.21. The lowest BCUT2D eigenvalue weighted by molar-refractivity contribution is -0.256. The first kappa shape index (κ1) is 16.5. The largest absolute Gasteiger partial charge is 0.338 e. The topological polar surface area (TPSA) is 38.8 Å². The molecule has 1 spiro atoms. The molecule has 2 aliphatic rings. The van der Waals surface area contributed by atoms with Crippen LogP contribution in [0.1, 0.15) is 57.1 Å². The summed E-state index contributed by atoms with van der Waals surface area (Å²) in [6, 6.07) is 6.34. The summed E-state index contributed by atoms with van der Waals surface area (Å²) in [5.74, 6) is -1.24. The number of aryl methyl sites for hydroxylation is 1. The number of amides is 1. The fourth-order valence-corrected chi connectivity index (χ4v) is 3.37. The third-order valence-corrected chi connectivity index (χ3v) is 4.69. The highest BCUT2D eigenvalue weighted by Gasteiger charge is 2.54. The van der Waals surface area contributed by atoms with Crippen molar-refractivity contribution in [2.45, 2.75) is 58.2 Å². The van der Waals surface area contributed by atoms with E-state index in [1.807, 2.05) is 4.90 Å². The molecule has 4 nitrogen and oxygen atoms in total. The lowest BCUT2D eigenvalue weighted by atomic mass is 10.00. The predicted molar refractivity (Wildman–Crippen MR) is 90.5 cm³/mol. The maximum atomic E-state index is 13.0. The number of fused-ring (bicyclic) bond motifs is 2. The molecular weight excluding hydrogens is 290 g/mol. The molecule has 4 heteroatoms. The molecule has 0 N–H and O–H groups in total. The second-order valence-electron chi connectivity index (χ2n) is 6.43. The van der Waals surface area contributed by atoms with Crippen LogP contribution in [0.4, 0.5) is 5.69 Å². The second-order valence-corrected chi connectivity index (χ2v) is 6.43. The molecule has 0 unspecified atom stereocenters. The summed E-state index contributed by atoms with van der Waals surface area (Å²) < 4.78 is 11.8. The molecule has 1 fully saturated rings. The zero-order valence-corrected chi connectivity index (χ0v) is 14.3. The average molecular weight is 317 g/mol. The van der Waals surface area contributed by atoms with E-state index in [0.29, 0.717) is 13.2 Å². The van der Waals surface area contributed by atoms with Gasteiger partial charge in [0.2, 0.25) is 0 Å². The van der Waals surface area contributed by atoms with Crippen molar-refractivity contribution >= 4 is 11.6 Å². The van der Waals surface area contributed by atoms with Crippen molar-refractivity contribution in [3.8, 4) is 0 Å². The number of benzene rings is 1. The number of carbonyl (C=O) groups is 1. The number of rotatable bonds is 6. The number of anilines is 1. The number of ether oxygens (including phenoxy) is 2. The van der Waals surface area contributed by atoms with Crippen molar-refractivity contribution in [2.24, 2.45) is 0 Å². The van der Waals surface area contributed by atoms with Crippen molar-refractivity contribution < 1.29 is 14.3 Å². The van der Waals surface area contributed by atoms with E-state index in [-0.39, 0.29) is 5.91 Å². The molecule has 23 heavy (non-hydrogen) atoms. The average Bonchev–Trinajstić information content (AvgIpc) is 2.81. The fourth-order valence-electron chi connectivity index (χ4n) is 3.37. The highest BCUT2D eigenvalue weighted by atomic mass is 16.7. The van der Waals surface area contributed by atoms with Crippen molar-refractivity contribution in [1.82, 2.24) is 0 Å². The van der Waals surface area contributed by atoms with Crippen LogP contribution in [-0.4, -0.2) is 25.7 Å². The minimum absolute atomic E-state index is 0.0479. The SMILES string of the molecule is CCCCc1ccc2c(c1)C1(OCCCO1)C(=O)N2CCCC. The Balaban J connectivity index is 1.98. The first-order valence-electron chi connectivity index (χ1n) is 8.96. The molecule has 3 rings (SSSR count). The zero-order chi connectivity index (χ0) is 16.3. The van der Waals surface area contributed by atoms with E-state index in [1.54, 1.807) is 0 Å². The molecule has 0 bridgehead atoms. The number of carbonyl (C=O) groups excluding carboxylic acids is 1. The molecule has 1 aromatic rings. The zero-order valence-electron chi connectivity index (χ0n) is 14.3. The van der Waals surface area contributed by atoms with Gasteiger partial charge in [0.25, 0.3) is 11.7 Å². The number of hydrogen-bond acceptors (Lipinski definition) is 3. The van der Waals surface area contributed by atoms with Gasteiger partial charge in [-0.2, -0.15) is 0 Å². The molecule has 2 heterocycles. The Morgan fingerprint density at radius 2 is 1.87 bits per heavy atom. The van der Waals surface area contributed by atoms with Crippen molar-refractivity contribution in [2.75, 3.05) is 24.7 Å². The van der Waals surface area contributed by atoms with Crippen LogP contribution in [0, 0.1) is 0 Å². The van der Waals surface area contributed by atoms with Crippen molar-refractivity contribution in [3.63, 3.8) is 0 Å². The standard InChI is InChI=1S/C19H27NO3/c1-3-5-8-15-9-10-17-16(14-15)19(22-12-7-13-23-19)18(21)20(17)11-6-4-2/h9-10,14H,3-8,11-13H2,1-2H3. The fraction of sp³-hybridized carbons (Fsp3) is 0.632. The molecule has 0 aliphatic carbocycles. The van der Waals surface area contributed by atoms with Gasteiger partial charge in [0.15, 0.2) is 0 Å². The monoisotopic (exact) mass is 317 g/mol. The molecule has 126 valence electrons. The van der Waals surface area contributed by atoms with Crippen LogP contribution in [0.15, 0.2) is 18.2 Å². The number of hydrogen-bond donors (Lipinski definition) is 0. The quantitative estimate of drug-likeness (QED) is 0.802. The van der Waals surface area contributed by atoms with E-state index in [2.05, 4.69) is 32.0 Å². The maximum Gasteiger partial charge on any atom is 0.292 e. The van der Waals surface area contributed by atoms with Crippen LogP contribution in [0.3, 0.4) is 0 Å². The third-order valence-electron chi connectivity index (χ3n) is 4.69. The second kappa shape index (κ2) is 7.02. The van der Waals surface area contributed by atoms with Crippen molar-refractivity contribution in [3.05, 3.63) is 29.3 Å². The lowest BCUT2D eigenvalue weighted by Crippen LogP contribution is -2.47. The van der Waals surface area contributed by atoms with Gasteiger partial charge < -0.3 is 14.4 Å². The van der Waals surface area contributed by atoms with Crippen LogP contribution in [0.5, 0.6) is 0 Å². The Labute approximate surface area is 138 Å². The first-order valence-corrected chi connectivity index (χ1v) is 8.96. The molecule has 2 aliphatic heterocycles. The molecular formula is C19H27NO3. The van der Waals surface area contributed by atoms with Gasteiger partial charge >= 0.3 is 0 Å². The van der Waals surface area contributed by atoms with E-state index in [4.69, 9.17) is 9.47 Å². The minimum Gasteiger partial charge on any atom is -0.338 e. The molecule has 0 saturated carbocycles. The molecule has 1 amide bonds. The summed E-state index contributed by atoms with van der Waals surface area (Å²) in [7, 11) is 0. The van der Waals surface area contributed by atoms with E-state index < -0.39 is 5.79 Å². The van der Waals surface area contributed by atoms with Gasteiger partial charge in [-0.05, 0) is 43.4 Å². The van der Waals surface area contributed by atoms with Crippen molar-refractivity contribution in [1.29, 1.82) is 0 Å². The van der Waals surface area contributed by atoms with Gasteiger partial charge in [0, 0.05) is 12.1 Å². The predicted octanol–water partition coefficient (Wildman–Crippen LogP) is 3.77. The Hall–Kier alpha value is -1.39. The van der Waals surface area contributed by atoms with E-state index in [9.17, 15) is 4.79 Å². The van der Waals surface area contributed by atoms with Crippen LogP contribution in [0.25, 0.3) is 0 Å². The van der Waals surface area contributed by atoms with E-state index in [1.165, 1.54) is 5.56 Å². The van der Waals surface area contributed by atoms with Gasteiger partial charge in [-0.3, -0.25) is 4.79 Å². The van der Waals surface area contributed by atoms with Crippen LogP contribution >= 0.6 is 0 Å². The molecule has 1 aromatic carbocycles. The summed E-state index contributed by atoms with van der Waals surface area (Å²) >= 11 is 0. The number of unbranched alkanes of at least 4 members (excludes halogenated alkanes) is 2.